The van der Waals surface area contributed by atoms with Crippen LogP contribution in [0.15, 0.2) is 59.5 Å². The number of fused-ring (bicyclic) bond motifs is 1. The molecule has 2 aromatic carbocycles. The first-order valence-corrected chi connectivity index (χ1v) is 11.4. The number of alkyl halides is 3. The Balaban J connectivity index is 1.81. The molecule has 33 heavy (non-hydrogen) atoms. The summed E-state index contributed by atoms with van der Waals surface area (Å²) in [4.78, 5) is 18.0. The lowest BCUT2D eigenvalue weighted by atomic mass is 10.2. The fourth-order valence-electron chi connectivity index (χ4n) is 3.00. The molecule has 0 bridgehead atoms. The number of para-hydroxylation sites is 1. The van der Waals surface area contributed by atoms with Crippen molar-refractivity contribution in [1.82, 2.24) is 15.2 Å². The van der Waals surface area contributed by atoms with Gasteiger partial charge in [0.1, 0.15) is 0 Å². The van der Waals surface area contributed by atoms with Gasteiger partial charge in [-0.25, -0.2) is 13.4 Å². The molecule has 1 heterocycles. The molecule has 2 N–H and O–H groups in total. The summed E-state index contributed by atoms with van der Waals surface area (Å²) >= 11 is 0. The lowest BCUT2D eigenvalue weighted by molar-refractivity contribution is -0.137. The minimum atomic E-state index is -4.56. The Morgan fingerprint density at radius 3 is 2.36 bits per heavy atom. The number of hydrogen-bond acceptors (Lipinski definition) is 5. The summed E-state index contributed by atoms with van der Waals surface area (Å²) in [5.74, 6) is -0.137. The van der Waals surface area contributed by atoms with Crippen LogP contribution in [-0.2, 0) is 27.5 Å². The summed E-state index contributed by atoms with van der Waals surface area (Å²) in [6.07, 6.45) is -4.23. The third-order valence-electron chi connectivity index (χ3n) is 4.77. The van der Waals surface area contributed by atoms with E-state index in [9.17, 15) is 26.4 Å². The van der Waals surface area contributed by atoms with E-state index in [0.717, 1.165) is 12.1 Å². The maximum Gasteiger partial charge on any atom is 0.416 e. The maximum absolute atomic E-state index is 12.8. The molecule has 1 amide bonds. The smallest absolute Gasteiger partial charge is 0.350 e. The van der Waals surface area contributed by atoms with E-state index in [1.807, 2.05) is 19.0 Å². The molecule has 0 fully saturated rings. The quantitative estimate of drug-likeness (QED) is 0.514. The van der Waals surface area contributed by atoms with Gasteiger partial charge in [-0.3, -0.25) is 9.52 Å². The van der Waals surface area contributed by atoms with Crippen LogP contribution in [0.25, 0.3) is 10.9 Å². The molecule has 0 atom stereocenters. The van der Waals surface area contributed by atoms with E-state index in [4.69, 9.17) is 0 Å². The topological polar surface area (TPSA) is 91.4 Å². The summed E-state index contributed by atoms with van der Waals surface area (Å²) in [6, 6.07) is 11.6. The molecule has 0 saturated heterocycles. The number of pyridine rings is 1. The van der Waals surface area contributed by atoms with E-state index in [0.29, 0.717) is 41.7 Å². The van der Waals surface area contributed by atoms with Gasteiger partial charge in [-0.15, -0.1) is 0 Å². The molecule has 7 nitrogen and oxygen atoms in total. The van der Waals surface area contributed by atoms with Crippen LogP contribution in [0.3, 0.4) is 0 Å². The summed E-state index contributed by atoms with van der Waals surface area (Å²) < 4.78 is 66.2. The van der Waals surface area contributed by atoms with Gasteiger partial charge >= 0.3 is 6.18 Å². The minimum absolute atomic E-state index is 0.137. The first kappa shape index (κ1) is 24.5. The van der Waals surface area contributed by atoms with Crippen LogP contribution >= 0.6 is 0 Å². The van der Waals surface area contributed by atoms with Crippen LogP contribution in [0.5, 0.6) is 0 Å². The van der Waals surface area contributed by atoms with Gasteiger partial charge in [-0.2, -0.15) is 13.2 Å². The molecule has 176 valence electrons. The highest BCUT2D eigenvalue weighted by Crippen LogP contribution is 2.30. The number of hydrogen-bond donors (Lipinski definition) is 2. The molecule has 0 spiro atoms. The number of benzene rings is 2. The van der Waals surface area contributed by atoms with E-state index in [1.54, 1.807) is 24.3 Å². The number of aromatic nitrogens is 1. The van der Waals surface area contributed by atoms with E-state index < -0.39 is 21.8 Å². The van der Waals surface area contributed by atoms with Crippen molar-refractivity contribution in [3.63, 3.8) is 0 Å². The van der Waals surface area contributed by atoms with Crippen molar-refractivity contribution in [1.29, 1.82) is 0 Å². The summed E-state index contributed by atoms with van der Waals surface area (Å²) in [6.45, 7) is 0.773. The van der Waals surface area contributed by atoms with Gasteiger partial charge in [0.05, 0.1) is 33.9 Å². The molecule has 0 aliphatic rings. The fourth-order valence-corrected chi connectivity index (χ4v) is 4.06. The highest BCUT2D eigenvalue weighted by atomic mass is 32.2. The number of rotatable bonds is 8. The predicted molar refractivity (Wildman–Crippen MR) is 119 cm³/mol. The number of carbonyl (C=O) groups is 1. The van der Waals surface area contributed by atoms with Crippen molar-refractivity contribution in [3.8, 4) is 0 Å². The van der Waals surface area contributed by atoms with E-state index in [1.165, 1.54) is 6.07 Å². The molecule has 0 radical (unpaired) electrons. The number of nitrogens with one attached hydrogen (secondary N) is 2. The Labute approximate surface area is 189 Å². The molecule has 3 aromatic rings. The zero-order valence-corrected chi connectivity index (χ0v) is 18.8. The third kappa shape index (κ3) is 6.42. The van der Waals surface area contributed by atoms with E-state index in [2.05, 4.69) is 15.0 Å². The second kappa shape index (κ2) is 9.75. The number of carbonyl (C=O) groups excluding carboxylic acids is 1. The maximum atomic E-state index is 12.8. The lowest BCUT2D eigenvalue weighted by Gasteiger charge is -2.13. The zero-order chi connectivity index (χ0) is 24.2. The normalized spacial score (nSPS) is 12.2. The van der Waals surface area contributed by atoms with Crippen molar-refractivity contribution in [2.45, 2.75) is 24.0 Å². The van der Waals surface area contributed by atoms with Crippen LogP contribution in [0.4, 0.5) is 18.9 Å². The molecule has 1 aromatic heterocycles. The van der Waals surface area contributed by atoms with Gasteiger partial charge in [-0.05, 0) is 50.5 Å². The zero-order valence-electron chi connectivity index (χ0n) is 18.0. The van der Waals surface area contributed by atoms with Crippen molar-refractivity contribution in [2.75, 3.05) is 25.4 Å². The minimum Gasteiger partial charge on any atom is -0.350 e. The average Bonchev–Trinajstić information content (AvgIpc) is 2.76. The first-order chi connectivity index (χ1) is 15.5. The van der Waals surface area contributed by atoms with Crippen molar-refractivity contribution < 1.29 is 26.4 Å². The number of halogens is 3. The van der Waals surface area contributed by atoms with E-state index >= 15 is 0 Å². The number of nitrogens with zero attached hydrogens (tertiary/aromatic N) is 2. The van der Waals surface area contributed by atoms with Crippen molar-refractivity contribution >= 4 is 32.5 Å². The molecular weight excluding hydrogens is 457 g/mol. The fraction of sp³-hybridized carbons (Fsp3) is 0.273. The standard InChI is InChI=1S/C22H23F3N4O3S/c1-29(2)13-12-20(30)26-14-17-9-6-15-4-3-5-19(21(15)27-17)28-33(31,32)18-10-7-16(8-11-18)22(23,24)25/h3-11,28H,12-14H2,1-2H3,(H,26,30). The molecule has 0 unspecified atom stereocenters. The molecule has 3 rings (SSSR count). The largest absolute Gasteiger partial charge is 0.416 e. The van der Waals surface area contributed by atoms with Crippen molar-refractivity contribution in [2.24, 2.45) is 0 Å². The monoisotopic (exact) mass is 480 g/mol. The number of amides is 1. The Morgan fingerprint density at radius 2 is 1.73 bits per heavy atom. The van der Waals surface area contributed by atoms with Crippen LogP contribution < -0.4 is 10.0 Å². The Hall–Kier alpha value is -3.18. The van der Waals surface area contributed by atoms with Gasteiger partial charge in [0, 0.05) is 18.4 Å². The lowest BCUT2D eigenvalue weighted by Crippen LogP contribution is -2.27. The molecule has 0 aliphatic carbocycles. The molecule has 0 aliphatic heterocycles. The average molecular weight is 481 g/mol. The van der Waals surface area contributed by atoms with Crippen LogP contribution in [0.1, 0.15) is 17.7 Å². The van der Waals surface area contributed by atoms with E-state index in [-0.39, 0.29) is 23.0 Å². The number of sulfonamides is 1. The second-order valence-electron chi connectivity index (χ2n) is 7.64. The van der Waals surface area contributed by atoms with Gasteiger partial charge in [-0.1, -0.05) is 18.2 Å². The molecular formula is C22H23F3N4O3S. The molecule has 0 saturated carbocycles. The second-order valence-corrected chi connectivity index (χ2v) is 9.32. The summed E-state index contributed by atoms with van der Waals surface area (Å²) in [5, 5.41) is 3.43. The van der Waals surface area contributed by atoms with Crippen molar-refractivity contribution in [3.05, 3.63) is 65.9 Å². The predicted octanol–water partition coefficient (Wildman–Crippen LogP) is 3.62. The Bertz CT molecular complexity index is 1240. The Morgan fingerprint density at radius 1 is 1.03 bits per heavy atom. The third-order valence-corrected chi connectivity index (χ3v) is 6.15. The van der Waals surface area contributed by atoms with Crippen LogP contribution in [-0.4, -0.2) is 44.8 Å². The SMILES string of the molecule is CN(C)CCC(=O)NCc1ccc2cccc(NS(=O)(=O)c3ccc(C(F)(F)F)cc3)c2n1. The van der Waals surface area contributed by atoms with Gasteiger partial charge in [0.2, 0.25) is 5.91 Å². The van der Waals surface area contributed by atoms with Crippen LogP contribution in [0.2, 0.25) is 0 Å². The highest BCUT2D eigenvalue weighted by Gasteiger charge is 2.30. The first-order valence-electron chi connectivity index (χ1n) is 9.96. The highest BCUT2D eigenvalue weighted by molar-refractivity contribution is 7.92. The van der Waals surface area contributed by atoms with Crippen LogP contribution in [0, 0.1) is 0 Å². The Kier molecular flexibility index (Phi) is 7.23. The number of anilines is 1. The molecule has 11 heteroatoms. The van der Waals surface area contributed by atoms with Gasteiger partial charge in [0.15, 0.2) is 0 Å². The van der Waals surface area contributed by atoms with Gasteiger partial charge < -0.3 is 10.2 Å². The summed E-state index contributed by atoms with van der Waals surface area (Å²) in [5.41, 5.74) is 0.119. The van der Waals surface area contributed by atoms with Gasteiger partial charge in [0.25, 0.3) is 10.0 Å². The summed E-state index contributed by atoms with van der Waals surface area (Å²) in [7, 11) is -0.420.